The lowest BCUT2D eigenvalue weighted by atomic mass is 10.2. The van der Waals surface area contributed by atoms with Crippen molar-refractivity contribution in [3.8, 4) is 0 Å². The van der Waals surface area contributed by atoms with Gasteiger partial charge in [0.25, 0.3) is 0 Å². The summed E-state index contributed by atoms with van der Waals surface area (Å²) in [6.07, 6.45) is 2.12. The number of nitrogens with zero attached hydrogens (tertiary/aromatic N) is 2. The maximum absolute atomic E-state index is 12.9. The van der Waals surface area contributed by atoms with Crippen LogP contribution >= 0.6 is 0 Å². The third-order valence-electron chi connectivity index (χ3n) is 5.93. The smallest absolute Gasteiger partial charge is 0.322 e. The van der Waals surface area contributed by atoms with Gasteiger partial charge in [0.05, 0.1) is 6.04 Å². The van der Waals surface area contributed by atoms with Crippen molar-refractivity contribution >= 4 is 14.3 Å². The number of rotatable bonds is 7. The Morgan fingerprint density at radius 1 is 1.12 bits per heavy atom. The number of urea groups is 1. The minimum Gasteiger partial charge on any atom is -0.395 e. The first kappa shape index (κ1) is 17.5. The Morgan fingerprint density at radius 3 is 2.42 bits per heavy atom. The Hall–Kier alpha value is -1.33. The molecule has 1 aromatic rings. The molecule has 24 heavy (non-hydrogen) atoms. The van der Waals surface area contributed by atoms with Gasteiger partial charge in [0.15, 0.2) is 8.32 Å². The predicted octanol–water partition coefficient (Wildman–Crippen LogP) is 4.43. The van der Waals surface area contributed by atoms with E-state index in [1.54, 1.807) is 0 Å². The highest BCUT2D eigenvalue weighted by atomic mass is 28.4. The summed E-state index contributed by atoms with van der Waals surface area (Å²) < 4.78 is 6.82. The summed E-state index contributed by atoms with van der Waals surface area (Å²) in [5, 5.41) is 0. The molecule has 2 aliphatic rings. The van der Waals surface area contributed by atoms with Gasteiger partial charge in [0, 0.05) is 13.1 Å². The third kappa shape index (κ3) is 3.11. The Morgan fingerprint density at radius 2 is 1.79 bits per heavy atom. The van der Waals surface area contributed by atoms with Crippen LogP contribution in [0, 0.1) is 0 Å². The third-order valence-corrected chi connectivity index (χ3v) is 10.5. The average molecular weight is 347 g/mol. The van der Waals surface area contributed by atoms with E-state index in [1.807, 2.05) is 28.0 Å². The average Bonchev–Trinajstić information content (AvgIpc) is 3.19. The number of fused-ring (bicyclic) bond motifs is 1. The van der Waals surface area contributed by atoms with Crippen LogP contribution in [0.15, 0.2) is 30.3 Å². The zero-order chi connectivity index (χ0) is 17.2. The van der Waals surface area contributed by atoms with Crippen LogP contribution < -0.4 is 0 Å². The van der Waals surface area contributed by atoms with Crippen molar-refractivity contribution in [3.05, 3.63) is 35.9 Å². The number of benzene rings is 1. The largest absolute Gasteiger partial charge is 0.395 e. The Bertz CT molecular complexity index is 553. The van der Waals surface area contributed by atoms with E-state index in [9.17, 15) is 4.79 Å². The van der Waals surface area contributed by atoms with Crippen molar-refractivity contribution in [2.24, 2.45) is 0 Å². The number of hydrogen-bond donors (Lipinski definition) is 0. The van der Waals surface area contributed by atoms with Crippen LogP contribution in [0.2, 0.25) is 18.1 Å². The van der Waals surface area contributed by atoms with Crippen LogP contribution in [0.3, 0.4) is 0 Å². The lowest BCUT2D eigenvalue weighted by Crippen LogP contribution is -2.48. The highest BCUT2D eigenvalue weighted by molar-refractivity contribution is 6.73. The first-order valence-corrected chi connectivity index (χ1v) is 12.0. The standard InChI is InChI=1S/C19H30N2O2Si/c1-4-24(5-2,6-3)23-18-17-13-10-14-20(17)19(22)21(18)15-16-11-8-7-9-12-16/h7-9,11-12,17-18H,4-6,10,13-15H2,1-3H3/t17-,18+/m0/s1. The molecule has 4 nitrogen and oxygen atoms in total. The van der Waals surface area contributed by atoms with Gasteiger partial charge in [0.2, 0.25) is 0 Å². The number of carbonyl (C=O) groups excluding carboxylic acids is 1. The van der Waals surface area contributed by atoms with Crippen molar-refractivity contribution < 1.29 is 9.22 Å². The molecular formula is C19H30N2O2Si. The molecule has 1 aromatic carbocycles. The van der Waals surface area contributed by atoms with Crippen LogP contribution in [0.25, 0.3) is 0 Å². The normalized spacial score (nSPS) is 23.9. The molecule has 0 bridgehead atoms. The van der Waals surface area contributed by atoms with Crippen LogP contribution in [0.4, 0.5) is 4.79 Å². The van der Waals surface area contributed by atoms with E-state index in [4.69, 9.17) is 4.43 Å². The number of hydrogen-bond acceptors (Lipinski definition) is 2. The molecule has 0 saturated carbocycles. The monoisotopic (exact) mass is 346 g/mol. The summed E-state index contributed by atoms with van der Waals surface area (Å²) in [4.78, 5) is 17.0. The van der Waals surface area contributed by atoms with Gasteiger partial charge in [-0.1, -0.05) is 51.1 Å². The van der Waals surface area contributed by atoms with Crippen molar-refractivity contribution in [2.45, 2.75) is 70.6 Å². The van der Waals surface area contributed by atoms with Gasteiger partial charge >= 0.3 is 6.03 Å². The first-order chi connectivity index (χ1) is 11.6. The fraction of sp³-hybridized carbons (Fsp3) is 0.632. The van der Waals surface area contributed by atoms with E-state index >= 15 is 0 Å². The summed E-state index contributed by atoms with van der Waals surface area (Å²) in [5.41, 5.74) is 1.18. The highest BCUT2D eigenvalue weighted by Crippen LogP contribution is 2.36. The molecule has 0 aromatic heterocycles. The van der Waals surface area contributed by atoms with Crippen LogP contribution in [-0.2, 0) is 11.0 Å². The molecule has 2 saturated heterocycles. The Labute approximate surface area is 146 Å². The molecule has 2 atom stereocenters. The maximum atomic E-state index is 12.9. The second kappa shape index (κ2) is 7.27. The van der Waals surface area contributed by atoms with Crippen LogP contribution in [0.5, 0.6) is 0 Å². The molecule has 0 spiro atoms. The maximum Gasteiger partial charge on any atom is 0.322 e. The fourth-order valence-electron chi connectivity index (χ4n) is 4.14. The van der Waals surface area contributed by atoms with Crippen LogP contribution in [-0.4, -0.2) is 43.0 Å². The van der Waals surface area contributed by atoms with Crippen molar-refractivity contribution in [1.82, 2.24) is 9.80 Å². The second-order valence-electron chi connectivity index (χ2n) is 7.05. The van der Waals surface area contributed by atoms with Gasteiger partial charge in [-0.3, -0.25) is 4.90 Å². The van der Waals surface area contributed by atoms with E-state index in [0.29, 0.717) is 6.54 Å². The van der Waals surface area contributed by atoms with Gasteiger partial charge in [-0.25, -0.2) is 4.79 Å². The minimum absolute atomic E-state index is 0.0632. The van der Waals surface area contributed by atoms with E-state index < -0.39 is 8.32 Å². The molecule has 0 radical (unpaired) electrons. The number of amides is 2. The van der Waals surface area contributed by atoms with E-state index in [2.05, 4.69) is 32.9 Å². The van der Waals surface area contributed by atoms with Crippen molar-refractivity contribution in [1.29, 1.82) is 0 Å². The van der Waals surface area contributed by atoms with Gasteiger partial charge in [0.1, 0.15) is 6.23 Å². The van der Waals surface area contributed by atoms with Gasteiger partial charge < -0.3 is 9.33 Å². The molecule has 2 amide bonds. The van der Waals surface area contributed by atoms with Gasteiger partial charge in [-0.05, 0) is 36.5 Å². The summed E-state index contributed by atoms with van der Waals surface area (Å²) in [6.45, 7) is 8.30. The highest BCUT2D eigenvalue weighted by Gasteiger charge is 2.50. The van der Waals surface area contributed by atoms with E-state index in [0.717, 1.165) is 37.5 Å². The Kier molecular flexibility index (Phi) is 5.30. The summed E-state index contributed by atoms with van der Waals surface area (Å²) in [6, 6.07) is 14.1. The van der Waals surface area contributed by atoms with Crippen molar-refractivity contribution in [3.63, 3.8) is 0 Å². The molecule has 0 N–H and O–H groups in total. The molecule has 2 aliphatic heterocycles. The first-order valence-electron chi connectivity index (χ1n) is 9.43. The lowest BCUT2D eigenvalue weighted by Gasteiger charge is -2.36. The van der Waals surface area contributed by atoms with Crippen LogP contribution in [0.1, 0.15) is 39.2 Å². The molecule has 0 aliphatic carbocycles. The minimum atomic E-state index is -1.75. The molecule has 0 unspecified atom stereocenters. The number of carbonyl (C=O) groups is 1. The summed E-state index contributed by atoms with van der Waals surface area (Å²) in [7, 11) is -1.75. The van der Waals surface area contributed by atoms with Gasteiger partial charge in [-0.15, -0.1) is 0 Å². The molecule has 132 valence electrons. The lowest BCUT2D eigenvalue weighted by molar-refractivity contribution is 0.0451. The zero-order valence-corrected chi connectivity index (χ0v) is 16.2. The summed E-state index contributed by atoms with van der Waals surface area (Å²) in [5.74, 6) is 0. The zero-order valence-electron chi connectivity index (χ0n) is 15.2. The molecule has 2 heterocycles. The molecule has 5 heteroatoms. The predicted molar refractivity (Wildman–Crippen MR) is 99.2 cm³/mol. The molecule has 3 rings (SSSR count). The Balaban J connectivity index is 1.85. The van der Waals surface area contributed by atoms with Gasteiger partial charge in [-0.2, -0.15) is 0 Å². The fourth-order valence-corrected chi connectivity index (χ4v) is 6.94. The molecular weight excluding hydrogens is 316 g/mol. The van der Waals surface area contributed by atoms with E-state index in [-0.39, 0.29) is 18.3 Å². The SMILES string of the molecule is CC[Si](CC)(CC)O[C@@H]1[C@@H]2CCCN2C(=O)N1Cc1ccccc1. The van der Waals surface area contributed by atoms with E-state index in [1.165, 1.54) is 5.56 Å². The topological polar surface area (TPSA) is 32.8 Å². The summed E-state index contributed by atoms with van der Waals surface area (Å²) >= 11 is 0. The molecule has 2 fully saturated rings. The second-order valence-corrected chi connectivity index (χ2v) is 11.8. The van der Waals surface area contributed by atoms with Crippen molar-refractivity contribution in [2.75, 3.05) is 6.54 Å². The quantitative estimate of drug-likeness (QED) is 0.684.